The van der Waals surface area contributed by atoms with Crippen molar-refractivity contribution >= 4 is 40.9 Å². The van der Waals surface area contributed by atoms with Crippen molar-refractivity contribution in [1.82, 2.24) is 14.9 Å². The Morgan fingerprint density at radius 3 is 2.81 bits per heavy atom. The van der Waals surface area contributed by atoms with Crippen molar-refractivity contribution in [2.45, 2.75) is 71.8 Å². The zero-order valence-corrected chi connectivity index (χ0v) is 19.9. The third-order valence-corrected chi connectivity index (χ3v) is 5.63. The van der Waals surface area contributed by atoms with Gasteiger partial charge in [-0.25, -0.2) is 4.98 Å². The highest BCUT2D eigenvalue weighted by atomic mass is 35.5. The molecule has 0 amide bonds. The molecule has 1 aliphatic heterocycles. The van der Waals surface area contributed by atoms with Gasteiger partial charge in [0.05, 0.1) is 35.3 Å². The molecule has 9 heteroatoms. The van der Waals surface area contributed by atoms with Gasteiger partial charge in [-0.1, -0.05) is 11.6 Å². The smallest absolute Gasteiger partial charge is 0.311 e. The third-order valence-electron chi connectivity index (χ3n) is 5.41. The van der Waals surface area contributed by atoms with E-state index in [9.17, 15) is 14.7 Å². The Morgan fingerprint density at radius 2 is 2.13 bits per heavy atom. The molecular weight excluding hydrogens is 441 g/mol. The molecule has 2 N–H and O–H groups in total. The third kappa shape index (κ3) is 6.19. The molecule has 1 fully saturated rings. The predicted octanol–water partition coefficient (Wildman–Crippen LogP) is 3.24. The van der Waals surface area contributed by atoms with E-state index in [-0.39, 0.29) is 42.6 Å². The van der Waals surface area contributed by atoms with Gasteiger partial charge in [0.25, 0.3) is 5.56 Å². The quantitative estimate of drug-likeness (QED) is 0.650. The first kappa shape index (κ1) is 25.6. The van der Waals surface area contributed by atoms with Gasteiger partial charge < -0.3 is 15.2 Å². The average Bonchev–Trinajstić information content (AvgIpc) is 2.65. The number of ether oxygens (including phenoxy) is 1. The normalized spacial score (nSPS) is 20.2. The first-order valence-electron chi connectivity index (χ1n) is 10.3. The number of aliphatic hydroxyl groups excluding tert-OH is 1. The summed E-state index contributed by atoms with van der Waals surface area (Å²) < 4.78 is 7.12. The van der Waals surface area contributed by atoms with Gasteiger partial charge in [-0.3, -0.25) is 14.2 Å². The van der Waals surface area contributed by atoms with Crippen LogP contribution in [0.1, 0.15) is 45.6 Å². The summed E-state index contributed by atoms with van der Waals surface area (Å²) in [6, 6.07) is 3.21. The van der Waals surface area contributed by atoms with Crippen LogP contribution in [0, 0.1) is 12.3 Å². The molecule has 1 aromatic carbocycles. The van der Waals surface area contributed by atoms with Crippen molar-refractivity contribution in [2.24, 2.45) is 5.41 Å². The number of hydrogen-bond donors (Lipinski definition) is 2. The number of benzene rings is 1. The number of carbonyl (C=O) groups excluding carboxylic acids is 1. The number of nitrogens with zero attached hydrogens (tertiary/aromatic N) is 2. The molecule has 2 aromatic rings. The number of halogens is 2. The van der Waals surface area contributed by atoms with E-state index in [1.54, 1.807) is 12.1 Å². The van der Waals surface area contributed by atoms with Crippen molar-refractivity contribution in [2.75, 3.05) is 6.54 Å². The molecule has 0 aliphatic carbocycles. The maximum atomic E-state index is 12.8. The van der Waals surface area contributed by atoms with Crippen LogP contribution in [0.15, 0.2) is 23.3 Å². The molecular formula is C22H31Cl2N3O4. The molecule has 0 bridgehead atoms. The van der Waals surface area contributed by atoms with Crippen LogP contribution in [0.5, 0.6) is 0 Å². The van der Waals surface area contributed by atoms with E-state index in [0.29, 0.717) is 22.3 Å². The van der Waals surface area contributed by atoms with Gasteiger partial charge in [-0.05, 0) is 71.2 Å². The average molecular weight is 472 g/mol. The van der Waals surface area contributed by atoms with E-state index >= 15 is 0 Å². The van der Waals surface area contributed by atoms with E-state index in [0.717, 1.165) is 24.9 Å². The molecule has 3 rings (SSSR count). The summed E-state index contributed by atoms with van der Waals surface area (Å²) in [4.78, 5) is 29.5. The van der Waals surface area contributed by atoms with Crippen LogP contribution in [0.2, 0.25) is 5.02 Å². The number of aryl methyl sites for hydroxylation is 1. The minimum atomic E-state index is -0.798. The van der Waals surface area contributed by atoms with Crippen LogP contribution in [0.4, 0.5) is 0 Å². The largest absolute Gasteiger partial charge is 0.460 e. The zero-order chi connectivity index (χ0) is 22.1. The Bertz CT molecular complexity index is 987. The van der Waals surface area contributed by atoms with Gasteiger partial charge in [0.1, 0.15) is 6.10 Å². The van der Waals surface area contributed by atoms with Crippen molar-refractivity contribution in [3.05, 3.63) is 39.4 Å². The number of piperidine rings is 1. The topological polar surface area (TPSA) is 93.5 Å². The molecule has 1 aromatic heterocycles. The molecule has 1 aliphatic rings. The lowest BCUT2D eigenvalue weighted by atomic mass is 9.94. The van der Waals surface area contributed by atoms with Gasteiger partial charge in [-0.2, -0.15) is 0 Å². The van der Waals surface area contributed by atoms with Crippen LogP contribution in [0.3, 0.4) is 0 Å². The van der Waals surface area contributed by atoms with E-state index < -0.39 is 11.5 Å². The summed E-state index contributed by atoms with van der Waals surface area (Å²) in [5.41, 5.74) is 0.622. The number of esters is 1. The highest BCUT2D eigenvalue weighted by molar-refractivity contribution is 6.31. The Kier molecular flexibility index (Phi) is 8.50. The maximum absolute atomic E-state index is 12.8. The summed E-state index contributed by atoms with van der Waals surface area (Å²) in [6.07, 6.45) is 2.38. The summed E-state index contributed by atoms with van der Waals surface area (Å²) >= 11 is 6.10. The van der Waals surface area contributed by atoms with Crippen LogP contribution < -0.4 is 10.9 Å². The van der Waals surface area contributed by atoms with E-state index in [1.165, 1.54) is 10.9 Å². The Balaban J connectivity index is 0.00000341. The number of aliphatic hydroxyl groups is 1. The van der Waals surface area contributed by atoms with Gasteiger partial charge in [0.15, 0.2) is 0 Å². The summed E-state index contributed by atoms with van der Waals surface area (Å²) in [7, 11) is 0. The van der Waals surface area contributed by atoms with Crippen LogP contribution in [0.25, 0.3) is 10.9 Å². The molecule has 7 nitrogen and oxygen atoms in total. The Hall–Kier alpha value is -1.67. The lowest BCUT2D eigenvalue weighted by molar-refractivity contribution is -0.162. The Labute approximate surface area is 193 Å². The molecule has 0 unspecified atom stereocenters. The fourth-order valence-electron chi connectivity index (χ4n) is 3.74. The fraction of sp³-hybridized carbons (Fsp3) is 0.591. The molecule has 3 atom stereocenters. The highest BCUT2D eigenvalue weighted by Gasteiger charge is 2.33. The molecule has 172 valence electrons. The standard InChI is InChI=1S/C22H30ClN3O4.ClH/c1-13-8-14(23)9-16-19(13)25-12-26(20(16)28)11-15(27)10-17-18(6-5-7-24-17)30-21(29)22(2,3)4;/h8-9,12,15,17-18,24,27H,5-7,10-11H2,1-4H3;1H/t15-,17+,18-;/m0./s1. The first-order valence-corrected chi connectivity index (χ1v) is 10.7. The number of aromatic nitrogens is 2. The summed E-state index contributed by atoms with van der Waals surface area (Å²) in [5, 5.41) is 14.9. The summed E-state index contributed by atoms with van der Waals surface area (Å²) in [5.74, 6) is -0.252. The Morgan fingerprint density at radius 1 is 1.42 bits per heavy atom. The van der Waals surface area contributed by atoms with E-state index in [1.807, 2.05) is 27.7 Å². The van der Waals surface area contributed by atoms with E-state index in [2.05, 4.69) is 10.3 Å². The van der Waals surface area contributed by atoms with Gasteiger partial charge in [-0.15, -0.1) is 12.4 Å². The number of carbonyl (C=O) groups is 1. The maximum Gasteiger partial charge on any atom is 0.311 e. The van der Waals surface area contributed by atoms with Crippen molar-refractivity contribution < 1.29 is 14.6 Å². The number of nitrogens with one attached hydrogen (secondary N) is 1. The lowest BCUT2D eigenvalue weighted by Gasteiger charge is -2.35. The van der Waals surface area contributed by atoms with Gasteiger partial charge in [0, 0.05) is 11.1 Å². The van der Waals surface area contributed by atoms with Crippen molar-refractivity contribution in [3.63, 3.8) is 0 Å². The van der Waals surface area contributed by atoms with Crippen LogP contribution in [-0.2, 0) is 16.1 Å². The number of hydrogen-bond acceptors (Lipinski definition) is 6. The lowest BCUT2D eigenvalue weighted by Crippen LogP contribution is -2.50. The van der Waals surface area contributed by atoms with Crippen molar-refractivity contribution in [3.8, 4) is 0 Å². The minimum Gasteiger partial charge on any atom is -0.460 e. The minimum absolute atomic E-state index is 0. The second kappa shape index (κ2) is 10.3. The number of fused-ring (bicyclic) bond motifs is 1. The predicted molar refractivity (Wildman–Crippen MR) is 124 cm³/mol. The molecule has 0 saturated carbocycles. The monoisotopic (exact) mass is 471 g/mol. The number of rotatable bonds is 5. The SMILES string of the molecule is Cc1cc(Cl)cc2c(=O)n(C[C@@H](O)C[C@H]3NCCC[C@@H]3OC(=O)C(C)(C)C)cnc12.Cl. The fourth-order valence-corrected chi connectivity index (χ4v) is 4.02. The highest BCUT2D eigenvalue weighted by Crippen LogP contribution is 2.23. The molecule has 1 saturated heterocycles. The van der Waals surface area contributed by atoms with E-state index in [4.69, 9.17) is 16.3 Å². The first-order chi connectivity index (χ1) is 14.1. The molecule has 31 heavy (non-hydrogen) atoms. The second-order valence-electron chi connectivity index (χ2n) is 9.11. The van der Waals surface area contributed by atoms with Crippen LogP contribution >= 0.6 is 24.0 Å². The van der Waals surface area contributed by atoms with Crippen molar-refractivity contribution in [1.29, 1.82) is 0 Å². The molecule has 0 spiro atoms. The van der Waals surface area contributed by atoms with Gasteiger partial charge in [0.2, 0.25) is 0 Å². The van der Waals surface area contributed by atoms with Crippen LogP contribution in [-0.4, -0.2) is 45.4 Å². The van der Waals surface area contributed by atoms with Gasteiger partial charge >= 0.3 is 5.97 Å². The second-order valence-corrected chi connectivity index (χ2v) is 9.54. The zero-order valence-electron chi connectivity index (χ0n) is 18.4. The molecule has 2 heterocycles. The molecule has 0 radical (unpaired) electrons. The summed E-state index contributed by atoms with van der Waals surface area (Å²) in [6.45, 7) is 8.23.